The lowest BCUT2D eigenvalue weighted by atomic mass is 9.61. The van der Waals surface area contributed by atoms with Crippen LogP contribution < -0.4 is 0 Å². The second kappa shape index (κ2) is 8.74. The Morgan fingerprint density at radius 1 is 1.33 bits per heavy atom. The Balaban J connectivity index is 1.92. The SMILES string of the molecule is CC1CC[C@]2(c3ccc(CCC(C)(C)C)c(Cl)c3)CC(=O)N(CCC(=O)O)C=C2C1. The summed E-state index contributed by atoms with van der Waals surface area (Å²) < 4.78 is 0. The summed E-state index contributed by atoms with van der Waals surface area (Å²) in [5.74, 6) is -0.324. The quantitative estimate of drug-likeness (QED) is 0.603. The number of fused-ring (bicyclic) bond motifs is 1. The average molecular weight is 432 g/mol. The van der Waals surface area contributed by atoms with Gasteiger partial charge in [-0.2, -0.15) is 0 Å². The van der Waals surface area contributed by atoms with E-state index in [9.17, 15) is 9.59 Å². The Kier molecular flexibility index (Phi) is 6.66. The van der Waals surface area contributed by atoms with Gasteiger partial charge in [-0.05, 0) is 66.2 Å². The van der Waals surface area contributed by atoms with Gasteiger partial charge in [0, 0.05) is 29.6 Å². The molecule has 1 saturated carbocycles. The molecule has 0 aromatic heterocycles. The Morgan fingerprint density at radius 3 is 2.70 bits per heavy atom. The van der Waals surface area contributed by atoms with Crippen LogP contribution in [0.4, 0.5) is 0 Å². The number of carboxylic acids is 1. The summed E-state index contributed by atoms with van der Waals surface area (Å²) >= 11 is 6.70. The number of aryl methyl sites for hydroxylation is 1. The van der Waals surface area contributed by atoms with Gasteiger partial charge in [0.15, 0.2) is 0 Å². The number of rotatable bonds is 6. The number of hydrogen-bond acceptors (Lipinski definition) is 2. The van der Waals surface area contributed by atoms with E-state index in [0.717, 1.165) is 48.3 Å². The number of carboxylic acid groups (broad SMARTS) is 1. The maximum absolute atomic E-state index is 12.9. The third-order valence-corrected chi connectivity index (χ3v) is 7.00. The fourth-order valence-electron chi connectivity index (χ4n) is 4.72. The summed E-state index contributed by atoms with van der Waals surface area (Å²) in [4.78, 5) is 25.5. The van der Waals surface area contributed by atoms with Gasteiger partial charge in [0.25, 0.3) is 0 Å². The molecule has 1 unspecified atom stereocenters. The van der Waals surface area contributed by atoms with E-state index in [1.54, 1.807) is 4.90 Å². The van der Waals surface area contributed by atoms with E-state index in [4.69, 9.17) is 16.7 Å². The van der Waals surface area contributed by atoms with Crippen molar-refractivity contribution in [3.63, 3.8) is 0 Å². The Labute approximate surface area is 185 Å². The fraction of sp³-hybridized carbons (Fsp3) is 0.600. The van der Waals surface area contributed by atoms with Gasteiger partial charge in [-0.1, -0.05) is 51.4 Å². The smallest absolute Gasteiger partial charge is 0.305 e. The predicted octanol–water partition coefficient (Wildman–Crippen LogP) is 5.97. The second-order valence-electron chi connectivity index (χ2n) is 10.4. The van der Waals surface area contributed by atoms with Crippen LogP contribution in [0.2, 0.25) is 5.02 Å². The summed E-state index contributed by atoms with van der Waals surface area (Å²) in [5.41, 5.74) is 3.47. The van der Waals surface area contributed by atoms with Crippen LogP contribution >= 0.6 is 11.6 Å². The average Bonchev–Trinajstić information content (AvgIpc) is 2.65. The van der Waals surface area contributed by atoms with E-state index in [0.29, 0.717) is 12.3 Å². The molecule has 1 aliphatic carbocycles. The molecule has 1 amide bonds. The van der Waals surface area contributed by atoms with Crippen LogP contribution in [0, 0.1) is 11.3 Å². The highest BCUT2D eigenvalue weighted by molar-refractivity contribution is 6.31. The van der Waals surface area contributed by atoms with E-state index >= 15 is 0 Å². The first-order chi connectivity index (χ1) is 14.0. The Hall–Kier alpha value is -1.81. The number of benzene rings is 1. The minimum absolute atomic E-state index is 0.00230. The minimum atomic E-state index is -0.882. The van der Waals surface area contributed by atoms with E-state index in [2.05, 4.69) is 45.9 Å². The second-order valence-corrected chi connectivity index (χ2v) is 10.8. The van der Waals surface area contributed by atoms with Crippen LogP contribution in [0.1, 0.15) is 77.3 Å². The van der Waals surface area contributed by atoms with E-state index in [1.165, 1.54) is 5.57 Å². The van der Waals surface area contributed by atoms with Crippen molar-refractivity contribution in [1.82, 2.24) is 4.90 Å². The normalized spacial score (nSPS) is 24.4. The van der Waals surface area contributed by atoms with Crippen LogP contribution in [-0.4, -0.2) is 28.4 Å². The predicted molar refractivity (Wildman–Crippen MR) is 121 cm³/mol. The molecular weight excluding hydrogens is 398 g/mol. The molecule has 5 heteroatoms. The lowest BCUT2D eigenvalue weighted by molar-refractivity contribution is -0.138. The standard InChI is InChI=1S/C25H34ClNO3/c1-17-7-11-25(15-22(28)27(12-9-23(29)30)16-20(25)13-17)19-6-5-18(21(26)14-19)8-10-24(2,3)4/h5-6,14,16-17H,7-13,15H2,1-4H3,(H,29,30)/t17?,25-/m1/s1. The molecular formula is C25H34ClNO3. The highest BCUT2D eigenvalue weighted by Crippen LogP contribution is 2.50. The molecule has 164 valence electrons. The van der Waals surface area contributed by atoms with Crippen molar-refractivity contribution < 1.29 is 14.7 Å². The molecule has 3 rings (SSSR count). The van der Waals surface area contributed by atoms with Crippen molar-refractivity contribution in [3.05, 3.63) is 46.1 Å². The number of nitrogens with zero attached hydrogens (tertiary/aromatic N) is 1. The van der Waals surface area contributed by atoms with Gasteiger partial charge in [0.2, 0.25) is 5.91 Å². The zero-order chi connectivity index (χ0) is 22.1. The molecule has 1 aromatic carbocycles. The lowest BCUT2D eigenvalue weighted by Crippen LogP contribution is -2.45. The van der Waals surface area contributed by atoms with Crippen molar-refractivity contribution >= 4 is 23.5 Å². The van der Waals surface area contributed by atoms with Crippen LogP contribution in [0.25, 0.3) is 0 Å². The zero-order valence-corrected chi connectivity index (χ0v) is 19.4. The van der Waals surface area contributed by atoms with Crippen LogP contribution in [0.3, 0.4) is 0 Å². The fourth-order valence-corrected chi connectivity index (χ4v) is 4.99. The molecule has 1 fully saturated rings. The van der Waals surface area contributed by atoms with Gasteiger partial charge in [0.05, 0.1) is 6.42 Å². The van der Waals surface area contributed by atoms with Gasteiger partial charge in [0.1, 0.15) is 0 Å². The number of allylic oxidation sites excluding steroid dienone is 1. The Bertz CT molecular complexity index is 854. The molecule has 2 atom stereocenters. The molecule has 2 aliphatic rings. The van der Waals surface area contributed by atoms with Crippen molar-refractivity contribution in [2.24, 2.45) is 11.3 Å². The number of carbonyl (C=O) groups excluding carboxylic acids is 1. The van der Waals surface area contributed by atoms with Gasteiger partial charge >= 0.3 is 5.97 Å². The molecule has 0 saturated heterocycles. The van der Waals surface area contributed by atoms with Crippen LogP contribution in [0.15, 0.2) is 30.0 Å². The maximum atomic E-state index is 12.9. The first-order valence-electron chi connectivity index (χ1n) is 11.0. The summed E-state index contributed by atoms with van der Waals surface area (Å²) in [6.45, 7) is 9.18. The largest absolute Gasteiger partial charge is 0.481 e. The summed E-state index contributed by atoms with van der Waals surface area (Å²) in [6, 6.07) is 6.37. The van der Waals surface area contributed by atoms with Gasteiger partial charge in [-0.3, -0.25) is 9.59 Å². The van der Waals surface area contributed by atoms with Gasteiger partial charge in [-0.25, -0.2) is 0 Å². The van der Waals surface area contributed by atoms with E-state index in [1.807, 2.05) is 6.20 Å². The molecule has 1 N–H and O–H groups in total. The van der Waals surface area contributed by atoms with Crippen LogP contribution in [-0.2, 0) is 21.4 Å². The molecule has 1 aromatic rings. The number of amides is 1. The summed E-state index contributed by atoms with van der Waals surface area (Å²) in [6.07, 6.45) is 7.23. The van der Waals surface area contributed by atoms with Crippen molar-refractivity contribution in [2.45, 2.75) is 78.1 Å². The lowest BCUT2D eigenvalue weighted by Gasteiger charge is -2.46. The number of halogens is 1. The van der Waals surface area contributed by atoms with E-state index < -0.39 is 5.97 Å². The number of aliphatic carboxylic acids is 1. The van der Waals surface area contributed by atoms with Crippen molar-refractivity contribution in [1.29, 1.82) is 0 Å². The molecule has 0 radical (unpaired) electrons. The third-order valence-electron chi connectivity index (χ3n) is 6.65. The molecule has 0 spiro atoms. The number of carbonyl (C=O) groups is 2. The molecule has 1 aliphatic heterocycles. The highest BCUT2D eigenvalue weighted by atomic mass is 35.5. The molecule has 1 heterocycles. The van der Waals surface area contributed by atoms with Crippen molar-refractivity contribution in [2.75, 3.05) is 6.54 Å². The summed E-state index contributed by atoms with van der Waals surface area (Å²) in [5, 5.41) is 9.79. The maximum Gasteiger partial charge on any atom is 0.305 e. The molecule has 30 heavy (non-hydrogen) atoms. The minimum Gasteiger partial charge on any atom is -0.481 e. The molecule has 0 bridgehead atoms. The van der Waals surface area contributed by atoms with Crippen LogP contribution in [0.5, 0.6) is 0 Å². The van der Waals surface area contributed by atoms with E-state index in [-0.39, 0.29) is 29.7 Å². The first-order valence-corrected chi connectivity index (χ1v) is 11.4. The third kappa shape index (κ3) is 5.08. The van der Waals surface area contributed by atoms with Crippen molar-refractivity contribution in [3.8, 4) is 0 Å². The topological polar surface area (TPSA) is 57.6 Å². The highest BCUT2D eigenvalue weighted by Gasteiger charge is 2.45. The first kappa shape index (κ1) is 22.9. The number of hydrogen-bond donors (Lipinski definition) is 1. The molecule has 4 nitrogen and oxygen atoms in total. The van der Waals surface area contributed by atoms with Gasteiger partial charge < -0.3 is 10.0 Å². The zero-order valence-electron chi connectivity index (χ0n) is 18.6. The monoisotopic (exact) mass is 431 g/mol. The Morgan fingerprint density at radius 2 is 2.07 bits per heavy atom. The van der Waals surface area contributed by atoms with Gasteiger partial charge in [-0.15, -0.1) is 0 Å². The summed E-state index contributed by atoms with van der Waals surface area (Å²) in [7, 11) is 0.